The summed E-state index contributed by atoms with van der Waals surface area (Å²) in [5.41, 5.74) is 0.384. The van der Waals surface area contributed by atoms with Crippen molar-refractivity contribution in [3.63, 3.8) is 0 Å². The zero-order valence-corrected chi connectivity index (χ0v) is 14.5. The Morgan fingerprint density at radius 3 is 2.62 bits per heavy atom. The van der Waals surface area contributed by atoms with E-state index in [-0.39, 0.29) is 17.9 Å². The minimum Gasteiger partial charge on any atom is -0.503 e. The summed E-state index contributed by atoms with van der Waals surface area (Å²) in [6.07, 6.45) is 5.35. The van der Waals surface area contributed by atoms with Gasteiger partial charge in [0.15, 0.2) is 11.3 Å². The van der Waals surface area contributed by atoms with Gasteiger partial charge in [-0.2, -0.15) is 0 Å². The second kappa shape index (κ2) is 7.11. The standard InChI is InChI=1S/C17H15ClN2O3.ClH/c1-2-12-10-19-6-7-20(9-11-4-3-5-13(18)8-11)17(23)14(19)16(22)15(12)21;/h3-8,10,22H,2,9H2,1H3;1H. The molecule has 0 aliphatic heterocycles. The summed E-state index contributed by atoms with van der Waals surface area (Å²) in [6, 6.07) is 7.18. The molecule has 0 aliphatic rings. The molecule has 0 saturated carbocycles. The molecule has 126 valence electrons. The number of fused-ring (bicyclic) bond motifs is 1. The van der Waals surface area contributed by atoms with Gasteiger partial charge in [0, 0.05) is 29.2 Å². The van der Waals surface area contributed by atoms with Crippen molar-refractivity contribution in [3.05, 3.63) is 79.6 Å². The number of hydrogen-bond acceptors (Lipinski definition) is 3. The van der Waals surface area contributed by atoms with E-state index in [1.807, 2.05) is 13.0 Å². The van der Waals surface area contributed by atoms with Gasteiger partial charge in [-0.3, -0.25) is 9.59 Å². The van der Waals surface area contributed by atoms with Crippen molar-refractivity contribution >= 4 is 29.5 Å². The first-order chi connectivity index (χ1) is 11.0. The number of aromatic hydroxyl groups is 1. The number of aromatic nitrogens is 2. The van der Waals surface area contributed by atoms with Crippen molar-refractivity contribution in [3.8, 4) is 5.75 Å². The van der Waals surface area contributed by atoms with E-state index >= 15 is 0 Å². The summed E-state index contributed by atoms with van der Waals surface area (Å²) >= 11 is 5.95. The molecular weight excluding hydrogens is 351 g/mol. The third-order valence-electron chi connectivity index (χ3n) is 3.78. The number of pyridine rings is 1. The SMILES string of the molecule is CCc1cn2ccn(Cc3cccc(Cl)c3)c(=O)c2c(O)c1=O.Cl. The summed E-state index contributed by atoms with van der Waals surface area (Å²) in [5, 5.41) is 10.7. The van der Waals surface area contributed by atoms with E-state index in [1.54, 1.807) is 36.8 Å². The van der Waals surface area contributed by atoms with Crippen LogP contribution in [0.4, 0.5) is 0 Å². The Morgan fingerprint density at radius 1 is 1.21 bits per heavy atom. The van der Waals surface area contributed by atoms with E-state index in [0.29, 0.717) is 23.6 Å². The summed E-state index contributed by atoms with van der Waals surface area (Å²) in [6.45, 7) is 2.13. The zero-order chi connectivity index (χ0) is 16.6. The molecule has 3 rings (SSSR count). The normalized spacial score (nSPS) is 10.6. The Morgan fingerprint density at radius 2 is 1.96 bits per heavy atom. The van der Waals surface area contributed by atoms with Crippen LogP contribution in [0.15, 0.2) is 52.4 Å². The zero-order valence-electron chi connectivity index (χ0n) is 12.9. The van der Waals surface area contributed by atoms with Crippen molar-refractivity contribution < 1.29 is 5.11 Å². The predicted octanol–water partition coefficient (Wildman–Crippen LogP) is 2.85. The topological polar surface area (TPSA) is 63.7 Å². The summed E-state index contributed by atoms with van der Waals surface area (Å²) in [5.74, 6) is -0.505. The number of benzene rings is 1. The van der Waals surface area contributed by atoms with Gasteiger partial charge in [0.2, 0.25) is 5.43 Å². The quantitative estimate of drug-likeness (QED) is 0.774. The van der Waals surface area contributed by atoms with Crippen LogP contribution in [0, 0.1) is 0 Å². The number of rotatable bonds is 3. The van der Waals surface area contributed by atoms with Crippen LogP contribution in [-0.2, 0) is 13.0 Å². The largest absolute Gasteiger partial charge is 0.503 e. The lowest BCUT2D eigenvalue weighted by Gasteiger charge is -2.10. The van der Waals surface area contributed by atoms with Gasteiger partial charge in [-0.25, -0.2) is 0 Å². The highest BCUT2D eigenvalue weighted by Crippen LogP contribution is 2.13. The molecule has 2 heterocycles. The average molecular weight is 367 g/mol. The molecule has 0 atom stereocenters. The van der Waals surface area contributed by atoms with E-state index in [4.69, 9.17) is 11.6 Å². The predicted molar refractivity (Wildman–Crippen MR) is 96.8 cm³/mol. The lowest BCUT2D eigenvalue weighted by Crippen LogP contribution is -2.25. The molecule has 0 aliphatic carbocycles. The van der Waals surface area contributed by atoms with Crippen LogP contribution >= 0.6 is 24.0 Å². The Kier molecular flexibility index (Phi) is 5.36. The van der Waals surface area contributed by atoms with E-state index < -0.39 is 16.7 Å². The van der Waals surface area contributed by atoms with Crippen LogP contribution in [0.2, 0.25) is 5.02 Å². The Balaban J connectivity index is 0.00000208. The molecule has 0 spiro atoms. The number of aryl methyl sites for hydroxylation is 1. The molecule has 2 aromatic heterocycles. The third-order valence-corrected chi connectivity index (χ3v) is 4.01. The fraction of sp³-hybridized carbons (Fsp3) is 0.176. The lowest BCUT2D eigenvalue weighted by atomic mass is 10.2. The second-order valence-electron chi connectivity index (χ2n) is 5.30. The fourth-order valence-corrected chi connectivity index (χ4v) is 2.78. The molecule has 0 unspecified atom stereocenters. The number of nitrogens with zero attached hydrogens (tertiary/aromatic N) is 2. The maximum absolute atomic E-state index is 12.6. The minimum atomic E-state index is -0.505. The van der Waals surface area contributed by atoms with Gasteiger partial charge in [-0.15, -0.1) is 12.4 Å². The smallest absolute Gasteiger partial charge is 0.279 e. The number of halogens is 2. The molecule has 7 heteroatoms. The van der Waals surface area contributed by atoms with Gasteiger partial charge in [0.05, 0.1) is 6.54 Å². The molecule has 0 amide bonds. The molecule has 1 aromatic carbocycles. The van der Waals surface area contributed by atoms with Gasteiger partial charge in [-0.1, -0.05) is 30.7 Å². The molecule has 0 bridgehead atoms. The average Bonchev–Trinajstić information content (AvgIpc) is 2.53. The molecule has 5 nitrogen and oxygen atoms in total. The van der Waals surface area contributed by atoms with Crippen molar-refractivity contribution in [1.82, 2.24) is 8.97 Å². The second-order valence-corrected chi connectivity index (χ2v) is 5.74. The first-order valence-corrected chi connectivity index (χ1v) is 7.59. The summed E-state index contributed by atoms with van der Waals surface area (Å²) < 4.78 is 2.93. The number of hydrogen-bond donors (Lipinski definition) is 1. The molecule has 0 fully saturated rings. The van der Waals surface area contributed by atoms with E-state index in [0.717, 1.165) is 5.56 Å². The van der Waals surface area contributed by atoms with Crippen molar-refractivity contribution in [2.75, 3.05) is 0 Å². The van der Waals surface area contributed by atoms with Crippen LogP contribution in [0.3, 0.4) is 0 Å². The Hall–Kier alpha value is -2.24. The van der Waals surface area contributed by atoms with Crippen LogP contribution in [0.1, 0.15) is 18.1 Å². The Bertz CT molecular complexity index is 1010. The van der Waals surface area contributed by atoms with Gasteiger partial charge in [-0.05, 0) is 24.1 Å². The van der Waals surface area contributed by atoms with Gasteiger partial charge in [0.1, 0.15) is 0 Å². The summed E-state index contributed by atoms with van der Waals surface area (Å²) in [4.78, 5) is 24.7. The van der Waals surface area contributed by atoms with E-state index in [2.05, 4.69) is 0 Å². The van der Waals surface area contributed by atoms with E-state index in [9.17, 15) is 14.7 Å². The van der Waals surface area contributed by atoms with Gasteiger partial charge in [0.25, 0.3) is 5.56 Å². The third kappa shape index (κ3) is 3.18. The molecule has 1 N–H and O–H groups in total. The Labute approximate surface area is 149 Å². The fourth-order valence-electron chi connectivity index (χ4n) is 2.57. The molecule has 24 heavy (non-hydrogen) atoms. The lowest BCUT2D eigenvalue weighted by molar-refractivity contribution is 0.471. The minimum absolute atomic E-state index is 0. The maximum Gasteiger partial charge on any atom is 0.279 e. The van der Waals surface area contributed by atoms with Crippen molar-refractivity contribution in [2.45, 2.75) is 19.9 Å². The van der Waals surface area contributed by atoms with Gasteiger partial charge >= 0.3 is 0 Å². The van der Waals surface area contributed by atoms with Crippen LogP contribution < -0.4 is 11.0 Å². The monoisotopic (exact) mass is 366 g/mol. The maximum atomic E-state index is 12.6. The first kappa shape index (κ1) is 18.1. The van der Waals surface area contributed by atoms with Gasteiger partial charge < -0.3 is 14.1 Å². The van der Waals surface area contributed by atoms with Crippen LogP contribution in [0.5, 0.6) is 5.75 Å². The summed E-state index contributed by atoms with van der Waals surface area (Å²) in [7, 11) is 0. The highest BCUT2D eigenvalue weighted by molar-refractivity contribution is 6.30. The highest BCUT2D eigenvalue weighted by Gasteiger charge is 2.13. The molecule has 3 aromatic rings. The molecule has 0 saturated heterocycles. The van der Waals surface area contributed by atoms with Crippen molar-refractivity contribution in [1.29, 1.82) is 0 Å². The molecular formula is C17H16Cl2N2O3. The van der Waals surface area contributed by atoms with Crippen LogP contribution in [0.25, 0.3) is 5.52 Å². The van der Waals surface area contributed by atoms with E-state index in [1.165, 1.54) is 8.97 Å². The first-order valence-electron chi connectivity index (χ1n) is 7.22. The van der Waals surface area contributed by atoms with Crippen molar-refractivity contribution in [2.24, 2.45) is 0 Å². The highest BCUT2D eigenvalue weighted by atomic mass is 35.5. The molecule has 0 radical (unpaired) electrons. The van der Waals surface area contributed by atoms with Crippen LogP contribution in [-0.4, -0.2) is 14.1 Å².